The average Bonchev–Trinajstić information content (AvgIpc) is 2.77. The first-order valence-electron chi connectivity index (χ1n) is 5.35. The average molecular weight is 305 g/mol. The van der Waals surface area contributed by atoms with E-state index in [2.05, 4.69) is 15.0 Å². The van der Waals surface area contributed by atoms with Crippen LogP contribution in [0, 0.1) is 0 Å². The third-order valence-corrected chi connectivity index (χ3v) is 2.47. The molecule has 8 heteroatoms. The van der Waals surface area contributed by atoms with Crippen molar-refractivity contribution < 1.29 is 22.7 Å². The van der Waals surface area contributed by atoms with Crippen LogP contribution in [0.5, 0.6) is 5.75 Å². The van der Waals surface area contributed by atoms with Gasteiger partial charge in [-0.25, -0.2) is 0 Å². The summed E-state index contributed by atoms with van der Waals surface area (Å²) < 4.78 is 40.5. The largest absolute Gasteiger partial charge is 0.573 e. The maximum atomic E-state index is 12.2. The summed E-state index contributed by atoms with van der Waals surface area (Å²) in [6, 6.07) is 6.58. The van der Waals surface area contributed by atoms with Crippen LogP contribution in [0.15, 0.2) is 36.5 Å². The Labute approximate surface area is 116 Å². The molecular formula is C12H8ClF3N2O2. The number of rotatable bonds is 3. The van der Waals surface area contributed by atoms with Crippen LogP contribution in [0.4, 0.5) is 18.9 Å². The summed E-state index contributed by atoms with van der Waals surface area (Å²) in [5.74, 6) is -1.12. The highest BCUT2D eigenvalue weighted by atomic mass is 35.5. The van der Waals surface area contributed by atoms with E-state index in [0.717, 1.165) is 6.07 Å². The Balaban J connectivity index is 2.19. The molecule has 20 heavy (non-hydrogen) atoms. The van der Waals surface area contributed by atoms with Crippen LogP contribution in [0.2, 0.25) is 5.02 Å². The highest BCUT2D eigenvalue weighted by molar-refractivity contribution is 6.31. The number of aromatic nitrogens is 1. The van der Waals surface area contributed by atoms with E-state index in [9.17, 15) is 18.0 Å². The molecule has 0 bridgehead atoms. The molecule has 1 aromatic carbocycles. The Morgan fingerprint density at radius 1 is 1.30 bits per heavy atom. The highest BCUT2D eigenvalue weighted by Gasteiger charge is 2.32. The van der Waals surface area contributed by atoms with Crippen molar-refractivity contribution in [2.75, 3.05) is 5.32 Å². The van der Waals surface area contributed by atoms with Crippen molar-refractivity contribution in [3.8, 4) is 5.75 Å². The molecule has 1 heterocycles. The van der Waals surface area contributed by atoms with E-state index in [1.165, 1.54) is 30.5 Å². The SMILES string of the molecule is O=C(Nc1ccccc1OC(F)(F)F)c1cc(Cl)c[nH]1. The number of para-hydroxylation sites is 2. The zero-order chi connectivity index (χ0) is 14.8. The van der Waals surface area contributed by atoms with E-state index in [0.29, 0.717) is 5.02 Å². The van der Waals surface area contributed by atoms with Gasteiger partial charge in [0.05, 0.1) is 10.7 Å². The number of amides is 1. The van der Waals surface area contributed by atoms with Gasteiger partial charge in [-0.15, -0.1) is 13.2 Å². The first-order valence-corrected chi connectivity index (χ1v) is 5.73. The number of aromatic amines is 1. The van der Waals surface area contributed by atoms with E-state index in [4.69, 9.17) is 11.6 Å². The van der Waals surface area contributed by atoms with Crippen LogP contribution in [0.1, 0.15) is 10.5 Å². The molecular weight excluding hydrogens is 297 g/mol. The normalized spacial score (nSPS) is 11.2. The minimum Gasteiger partial charge on any atom is -0.404 e. The van der Waals surface area contributed by atoms with Crippen LogP contribution < -0.4 is 10.1 Å². The molecule has 0 aliphatic carbocycles. The number of ether oxygens (including phenoxy) is 1. The van der Waals surface area contributed by atoms with E-state index < -0.39 is 18.0 Å². The number of carbonyl (C=O) groups is 1. The van der Waals surface area contributed by atoms with Crippen LogP contribution in [-0.2, 0) is 0 Å². The quantitative estimate of drug-likeness (QED) is 0.905. The van der Waals surface area contributed by atoms with E-state index in [1.54, 1.807) is 0 Å². The number of anilines is 1. The molecule has 0 aliphatic heterocycles. The molecule has 0 spiro atoms. The lowest BCUT2D eigenvalue weighted by Crippen LogP contribution is -2.19. The van der Waals surface area contributed by atoms with Gasteiger partial charge in [0.25, 0.3) is 5.91 Å². The lowest BCUT2D eigenvalue weighted by molar-refractivity contribution is -0.274. The number of H-pyrrole nitrogens is 1. The second kappa shape index (κ2) is 5.46. The standard InChI is InChI=1S/C12H8ClF3N2O2/c13-7-5-9(17-6-7)11(19)18-8-3-1-2-4-10(8)20-12(14,15)16/h1-6,17H,(H,18,19). The minimum atomic E-state index is -4.84. The number of nitrogens with one attached hydrogen (secondary N) is 2. The topological polar surface area (TPSA) is 54.1 Å². The molecule has 2 aromatic rings. The van der Waals surface area contributed by atoms with Gasteiger partial charge in [-0.2, -0.15) is 0 Å². The van der Waals surface area contributed by atoms with Gasteiger partial charge in [0.15, 0.2) is 5.75 Å². The molecule has 0 atom stereocenters. The minimum absolute atomic E-state index is 0.0967. The summed E-state index contributed by atoms with van der Waals surface area (Å²) >= 11 is 5.64. The van der Waals surface area contributed by atoms with Gasteiger partial charge in [-0.1, -0.05) is 23.7 Å². The smallest absolute Gasteiger partial charge is 0.404 e. The lowest BCUT2D eigenvalue weighted by atomic mass is 10.3. The van der Waals surface area contributed by atoms with Gasteiger partial charge < -0.3 is 15.0 Å². The van der Waals surface area contributed by atoms with E-state index >= 15 is 0 Å². The van der Waals surface area contributed by atoms with Crippen molar-refractivity contribution in [2.24, 2.45) is 0 Å². The van der Waals surface area contributed by atoms with Gasteiger partial charge in [0.2, 0.25) is 0 Å². The molecule has 0 unspecified atom stereocenters. The highest BCUT2D eigenvalue weighted by Crippen LogP contribution is 2.30. The molecule has 106 valence electrons. The van der Waals surface area contributed by atoms with Gasteiger partial charge in [0.1, 0.15) is 5.69 Å². The van der Waals surface area contributed by atoms with Crippen LogP contribution in [0.3, 0.4) is 0 Å². The number of hydrogen-bond acceptors (Lipinski definition) is 2. The number of halogens is 4. The molecule has 4 nitrogen and oxygen atoms in total. The van der Waals surface area contributed by atoms with Crippen LogP contribution >= 0.6 is 11.6 Å². The third-order valence-electron chi connectivity index (χ3n) is 2.25. The van der Waals surface area contributed by atoms with Gasteiger partial charge in [-0.3, -0.25) is 4.79 Å². The monoisotopic (exact) mass is 304 g/mol. The first-order chi connectivity index (χ1) is 9.35. The van der Waals surface area contributed by atoms with Crippen molar-refractivity contribution in [1.82, 2.24) is 4.98 Å². The van der Waals surface area contributed by atoms with Crippen LogP contribution in [0.25, 0.3) is 0 Å². The molecule has 0 aliphatic rings. The van der Waals surface area contributed by atoms with Crippen molar-refractivity contribution in [2.45, 2.75) is 6.36 Å². The maximum Gasteiger partial charge on any atom is 0.573 e. The molecule has 1 amide bonds. The Kier molecular flexibility index (Phi) is 3.89. The number of carbonyl (C=O) groups excluding carboxylic acids is 1. The third kappa shape index (κ3) is 3.67. The van der Waals surface area contributed by atoms with Gasteiger partial charge >= 0.3 is 6.36 Å². The first kappa shape index (κ1) is 14.3. The molecule has 0 saturated carbocycles. The number of alkyl halides is 3. The molecule has 2 rings (SSSR count). The van der Waals surface area contributed by atoms with Gasteiger partial charge in [0, 0.05) is 6.20 Å². The number of hydrogen-bond donors (Lipinski definition) is 2. The molecule has 2 N–H and O–H groups in total. The van der Waals surface area contributed by atoms with Crippen LogP contribution in [-0.4, -0.2) is 17.3 Å². The van der Waals surface area contributed by atoms with Crippen molar-refractivity contribution >= 4 is 23.2 Å². The fourth-order valence-electron chi connectivity index (χ4n) is 1.47. The molecule has 0 radical (unpaired) electrons. The van der Waals surface area contributed by atoms with Crippen molar-refractivity contribution in [1.29, 1.82) is 0 Å². The Morgan fingerprint density at radius 2 is 2.00 bits per heavy atom. The maximum absolute atomic E-state index is 12.2. The zero-order valence-electron chi connectivity index (χ0n) is 9.79. The summed E-state index contributed by atoms with van der Waals surface area (Å²) in [6.07, 6.45) is -3.45. The van der Waals surface area contributed by atoms with E-state index in [1.807, 2.05) is 0 Å². The fraction of sp³-hybridized carbons (Fsp3) is 0.0833. The Morgan fingerprint density at radius 3 is 2.60 bits per heavy atom. The van der Waals surface area contributed by atoms with Crippen molar-refractivity contribution in [3.05, 3.63) is 47.2 Å². The number of benzene rings is 1. The zero-order valence-corrected chi connectivity index (χ0v) is 10.5. The van der Waals surface area contributed by atoms with Gasteiger partial charge in [-0.05, 0) is 18.2 Å². The molecule has 0 fully saturated rings. The predicted molar refractivity (Wildman–Crippen MR) is 66.9 cm³/mol. The van der Waals surface area contributed by atoms with Crippen molar-refractivity contribution in [3.63, 3.8) is 0 Å². The fourth-order valence-corrected chi connectivity index (χ4v) is 1.64. The Hall–Kier alpha value is -2.15. The molecule has 0 saturated heterocycles. The summed E-state index contributed by atoms with van der Waals surface area (Å²) in [6.45, 7) is 0. The second-order valence-electron chi connectivity index (χ2n) is 3.73. The Bertz CT molecular complexity index is 625. The summed E-state index contributed by atoms with van der Waals surface area (Å²) in [5.41, 5.74) is 0.0253. The summed E-state index contributed by atoms with van der Waals surface area (Å²) in [4.78, 5) is 14.4. The van der Waals surface area contributed by atoms with E-state index in [-0.39, 0.29) is 11.4 Å². The second-order valence-corrected chi connectivity index (χ2v) is 4.17. The predicted octanol–water partition coefficient (Wildman–Crippen LogP) is 3.82. The summed E-state index contributed by atoms with van der Waals surface area (Å²) in [5, 5.41) is 2.62. The summed E-state index contributed by atoms with van der Waals surface area (Å²) in [7, 11) is 0. The lowest BCUT2D eigenvalue weighted by Gasteiger charge is -2.13. The molecule has 1 aromatic heterocycles.